The smallest absolute Gasteiger partial charge is 0.212 e. The van der Waals surface area contributed by atoms with Gasteiger partial charge < -0.3 is 10.2 Å². The SMILES string of the molecule is CCc1nnc(N(C)c2ccc(N=Nc3ccc(NC(C)CC)c4ccccc34)c3ccccc23)s1. The molecule has 1 unspecified atom stereocenters. The monoisotopic (exact) mass is 494 g/mol. The number of nitrogens with zero attached hydrogens (tertiary/aromatic N) is 5. The summed E-state index contributed by atoms with van der Waals surface area (Å²) in [7, 11) is 2.03. The first-order valence-corrected chi connectivity index (χ1v) is 13.2. The average Bonchev–Trinajstić information content (AvgIpc) is 3.41. The lowest BCUT2D eigenvalue weighted by Gasteiger charge is -2.18. The zero-order valence-corrected chi connectivity index (χ0v) is 21.9. The summed E-state index contributed by atoms with van der Waals surface area (Å²) in [5.74, 6) is 0. The van der Waals surface area contributed by atoms with Gasteiger partial charge in [0.15, 0.2) is 0 Å². The Morgan fingerprint density at radius 1 is 0.806 bits per heavy atom. The van der Waals surface area contributed by atoms with Gasteiger partial charge in [-0.3, -0.25) is 0 Å². The van der Waals surface area contributed by atoms with Crippen LogP contribution in [-0.4, -0.2) is 23.3 Å². The van der Waals surface area contributed by atoms with E-state index in [1.165, 1.54) is 0 Å². The minimum atomic E-state index is 0.401. The first kappa shape index (κ1) is 23.9. The van der Waals surface area contributed by atoms with E-state index in [0.717, 1.165) is 67.3 Å². The largest absolute Gasteiger partial charge is 0.382 e. The molecule has 1 heterocycles. The van der Waals surface area contributed by atoms with Gasteiger partial charge in [-0.25, -0.2) is 0 Å². The Morgan fingerprint density at radius 2 is 1.42 bits per heavy atom. The van der Waals surface area contributed by atoms with Crippen molar-refractivity contribution in [1.29, 1.82) is 0 Å². The third-order valence-electron chi connectivity index (χ3n) is 6.47. The summed E-state index contributed by atoms with van der Waals surface area (Å²) in [6.45, 7) is 6.48. The number of aryl methyl sites for hydroxylation is 1. The second kappa shape index (κ2) is 10.4. The zero-order chi connectivity index (χ0) is 25.1. The molecule has 6 nitrogen and oxygen atoms in total. The predicted octanol–water partition coefficient (Wildman–Crippen LogP) is 8.80. The Kier molecular flexibility index (Phi) is 6.91. The van der Waals surface area contributed by atoms with Crippen molar-refractivity contribution < 1.29 is 0 Å². The van der Waals surface area contributed by atoms with Crippen molar-refractivity contribution in [3.05, 3.63) is 77.8 Å². The van der Waals surface area contributed by atoms with Crippen molar-refractivity contribution >= 4 is 60.8 Å². The molecule has 0 bridgehead atoms. The summed E-state index contributed by atoms with van der Waals surface area (Å²) in [5.41, 5.74) is 3.88. The Balaban J connectivity index is 1.52. The number of azo groups is 1. The molecule has 7 heteroatoms. The van der Waals surface area contributed by atoms with Crippen molar-refractivity contribution in [2.75, 3.05) is 17.3 Å². The molecule has 0 aliphatic heterocycles. The van der Waals surface area contributed by atoms with Gasteiger partial charge in [-0.2, -0.15) is 0 Å². The van der Waals surface area contributed by atoms with Crippen LogP contribution in [-0.2, 0) is 6.42 Å². The summed E-state index contributed by atoms with van der Waals surface area (Å²) in [6, 6.07) is 25.3. The molecule has 0 saturated carbocycles. The molecule has 0 aliphatic carbocycles. The van der Waals surface area contributed by atoms with Crippen LogP contribution < -0.4 is 10.2 Å². The molecule has 1 N–H and O–H groups in total. The molecular formula is C29H30N6S. The lowest BCUT2D eigenvalue weighted by molar-refractivity contribution is 0.765. The van der Waals surface area contributed by atoms with Gasteiger partial charge >= 0.3 is 0 Å². The maximum Gasteiger partial charge on any atom is 0.212 e. The van der Waals surface area contributed by atoms with E-state index in [1.807, 2.05) is 31.3 Å². The number of anilines is 3. The minimum Gasteiger partial charge on any atom is -0.382 e. The molecule has 0 radical (unpaired) electrons. The van der Waals surface area contributed by atoms with Crippen molar-refractivity contribution in [2.45, 2.75) is 39.7 Å². The number of nitrogens with one attached hydrogen (secondary N) is 1. The molecule has 0 saturated heterocycles. The number of hydrogen-bond acceptors (Lipinski definition) is 7. The molecule has 1 aromatic heterocycles. The van der Waals surface area contributed by atoms with Crippen LogP contribution >= 0.6 is 11.3 Å². The summed E-state index contributed by atoms with van der Waals surface area (Å²) in [5, 5.41) is 28.0. The first-order valence-electron chi connectivity index (χ1n) is 12.4. The second-order valence-corrected chi connectivity index (χ2v) is 9.91. The standard InChI is InChI=1S/C29H30N6S/c1-5-19(3)30-24-15-16-25(21-12-8-7-11-20(21)24)31-32-26-17-18-27(23-14-10-9-13-22(23)26)35(4)29-34-33-28(6-2)36-29/h7-19,30H,5-6H2,1-4H3. The summed E-state index contributed by atoms with van der Waals surface area (Å²) < 4.78 is 0. The van der Waals surface area contributed by atoms with Gasteiger partial charge in [0.05, 0.1) is 17.1 Å². The quantitative estimate of drug-likeness (QED) is 0.219. The van der Waals surface area contributed by atoms with Gasteiger partial charge in [0.2, 0.25) is 5.13 Å². The van der Waals surface area contributed by atoms with Crippen molar-refractivity contribution in [2.24, 2.45) is 10.2 Å². The van der Waals surface area contributed by atoms with Crippen LogP contribution in [0.25, 0.3) is 21.5 Å². The van der Waals surface area contributed by atoms with Crippen LogP contribution in [0.3, 0.4) is 0 Å². The van der Waals surface area contributed by atoms with Gasteiger partial charge in [-0.15, -0.1) is 20.4 Å². The van der Waals surface area contributed by atoms with Crippen LogP contribution in [0, 0.1) is 0 Å². The van der Waals surface area contributed by atoms with Crippen LogP contribution in [0.4, 0.5) is 27.9 Å². The van der Waals surface area contributed by atoms with Crippen molar-refractivity contribution in [3.63, 3.8) is 0 Å². The maximum atomic E-state index is 4.71. The third kappa shape index (κ3) is 4.66. The highest BCUT2D eigenvalue weighted by Crippen LogP contribution is 2.39. The second-order valence-electron chi connectivity index (χ2n) is 8.87. The van der Waals surface area contributed by atoms with Crippen molar-refractivity contribution in [1.82, 2.24) is 10.2 Å². The van der Waals surface area contributed by atoms with E-state index in [2.05, 4.69) is 89.7 Å². The van der Waals surface area contributed by atoms with E-state index < -0.39 is 0 Å². The van der Waals surface area contributed by atoms with E-state index in [1.54, 1.807) is 11.3 Å². The lowest BCUT2D eigenvalue weighted by atomic mass is 10.1. The van der Waals surface area contributed by atoms with Gasteiger partial charge in [0.1, 0.15) is 5.01 Å². The van der Waals surface area contributed by atoms with E-state index in [-0.39, 0.29) is 0 Å². The Labute approximate surface area is 215 Å². The normalized spacial score (nSPS) is 12.4. The molecule has 5 rings (SSSR count). The molecule has 182 valence electrons. The fraction of sp³-hybridized carbons (Fsp3) is 0.241. The van der Waals surface area contributed by atoms with E-state index in [0.29, 0.717) is 6.04 Å². The maximum absolute atomic E-state index is 4.71. The van der Waals surface area contributed by atoms with Crippen LogP contribution in [0.2, 0.25) is 0 Å². The van der Waals surface area contributed by atoms with Crippen LogP contribution in [0.1, 0.15) is 32.2 Å². The summed E-state index contributed by atoms with van der Waals surface area (Å²) in [6.07, 6.45) is 1.95. The molecule has 0 amide bonds. The molecule has 5 aromatic rings. The number of rotatable bonds is 8. The van der Waals surface area contributed by atoms with Gasteiger partial charge in [-0.1, -0.05) is 73.7 Å². The topological polar surface area (TPSA) is 65.8 Å². The van der Waals surface area contributed by atoms with E-state index in [4.69, 9.17) is 10.2 Å². The molecular weight excluding hydrogens is 464 g/mol. The highest BCUT2D eigenvalue weighted by molar-refractivity contribution is 7.15. The third-order valence-corrected chi connectivity index (χ3v) is 7.61. The van der Waals surface area contributed by atoms with Crippen LogP contribution in [0.15, 0.2) is 83.0 Å². The highest BCUT2D eigenvalue weighted by atomic mass is 32.1. The fourth-order valence-corrected chi connectivity index (χ4v) is 5.00. The fourth-order valence-electron chi connectivity index (χ4n) is 4.24. The highest BCUT2D eigenvalue weighted by Gasteiger charge is 2.15. The number of hydrogen-bond donors (Lipinski definition) is 1. The molecule has 4 aromatic carbocycles. The lowest BCUT2D eigenvalue weighted by Crippen LogP contribution is -2.13. The van der Waals surface area contributed by atoms with Crippen LogP contribution in [0.5, 0.6) is 0 Å². The minimum absolute atomic E-state index is 0.401. The van der Waals surface area contributed by atoms with Gasteiger partial charge in [-0.05, 0) is 44.0 Å². The van der Waals surface area contributed by atoms with Crippen molar-refractivity contribution in [3.8, 4) is 0 Å². The molecule has 36 heavy (non-hydrogen) atoms. The molecule has 0 fully saturated rings. The Morgan fingerprint density at radius 3 is 2.06 bits per heavy atom. The van der Waals surface area contributed by atoms with Gasteiger partial charge in [0, 0.05) is 40.3 Å². The number of benzene rings is 4. The molecule has 0 aliphatic rings. The number of fused-ring (bicyclic) bond motifs is 2. The zero-order valence-electron chi connectivity index (χ0n) is 21.1. The summed E-state index contributed by atoms with van der Waals surface area (Å²) in [4.78, 5) is 2.09. The van der Waals surface area contributed by atoms with E-state index in [9.17, 15) is 0 Å². The Bertz CT molecular complexity index is 1540. The first-order chi connectivity index (χ1) is 17.6. The van der Waals surface area contributed by atoms with E-state index >= 15 is 0 Å². The Hall–Kier alpha value is -3.84. The molecule has 1 atom stereocenters. The summed E-state index contributed by atoms with van der Waals surface area (Å²) >= 11 is 1.62. The average molecular weight is 495 g/mol. The predicted molar refractivity (Wildman–Crippen MR) is 153 cm³/mol. The van der Waals surface area contributed by atoms with Gasteiger partial charge in [0.25, 0.3) is 0 Å². The number of aromatic nitrogens is 2. The molecule has 0 spiro atoms.